The average Bonchev–Trinajstić information content (AvgIpc) is 2.65. The molecule has 0 saturated carbocycles. The number of carbonyl (C=O) groups is 1. The summed E-state index contributed by atoms with van der Waals surface area (Å²) in [6.07, 6.45) is 1.83. The second-order valence-electron chi connectivity index (χ2n) is 6.17. The van der Waals surface area contributed by atoms with Crippen molar-refractivity contribution in [3.63, 3.8) is 0 Å². The minimum Gasteiger partial charge on any atom is -0.321 e. The molecule has 3 heteroatoms. The van der Waals surface area contributed by atoms with Gasteiger partial charge in [0.05, 0.1) is 0 Å². The van der Waals surface area contributed by atoms with Gasteiger partial charge in [0.2, 0.25) is 0 Å². The van der Waals surface area contributed by atoms with E-state index in [-0.39, 0.29) is 5.91 Å². The Hall–Kier alpha value is -2.84. The zero-order chi connectivity index (χ0) is 18.5. The van der Waals surface area contributed by atoms with Gasteiger partial charge in [0, 0.05) is 16.3 Å². The minimum absolute atomic E-state index is 0.159. The molecule has 0 unspecified atom stereocenters. The zero-order valence-electron chi connectivity index (χ0n) is 14.8. The monoisotopic (exact) mass is 361 g/mol. The van der Waals surface area contributed by atoms with Gasteiger partial charge in [0.15, 0.2) is 0 Å². The predicted molar refractivity (Wildman–Crippen MR) is 110 cm³/mol. The number of halogens is 1. The van der Waals surface area contributed by atoms with Gasteiger partial charge in [0.25, 0.3) is 5.91 Å². The Morgan fingerprint density at radius 2 is 1.46 bits per heavy atom. The number of anilines is 1. The van der Waals surface area contributed by atoms with Gasteiger partial charge in [-0.25, -0.2) is 0 Å². The Labute approximate surface area is 159 Å². The number of carbonyl (C=O) groups excluding carboxylic acids is 1. The molecule has 1 amide bonds. The molecule has 0 aliphatic rings. The third-order valence-electron chi connectivity index (χ3n) is 4.25. The number of nitrogens with one attached hydrogen (secondary N) is 1. The van der Waals surface area contributed by atoms with Crippen molar-refractivity contribution in [3.05, 3.63) is 100 Å². The summed E-state index contributed by atoms with van der Waals surface area (Å²) in [6.45, 7) is 3.98. The first kappa shape index (κ1) is 18.0. The van der Waals surface area contributed by atoms with E-state index in [0.29, 0.717) is 10.6 Å². The molecule has 26 heavy (non-hydrogen) atoms. The highest BCUT2D eigenvalue weighted by atomic mass is 35.5. The molecule has 0 fully saturated rings. The van der Waals surface area contributed by atoms with E-state index in [1.165, 1.54) is 0 Å². The molecular formula is C23H20ClNO. The maximum atomic E-state index is 13.1. The smallest absolute Gasteiger partial charge is 0.256 e. The maximum absolute atomic E-state index is 13.1. The lowest BCUT2D eigenvalue weighted by Crippen LogP contribution is -2.15. The van der Waals surface area contributed by atoms with E-state index in [2.05, 4.69) is 5.32 Å². The summed E-state index contributed by atoms with van der Waals surface area (Å²) in [7, 11) is 0. The van der Waals surface area contributed by atoms with Crippen LogP contribution in [0.15, 0.2) is 72.8 Å². The molecule has 0 saturated heterocycles. The van der Waals surface area contributed by atoms with E-state index in [1.54, 1.807) is 0 Å². The normalized spacial score (nSPS) is 11.3. The Morgan fingerprint density at radius 3 is 2.12 bits per heavy atom. The largest absolute Gasteiger partial charge is 0.321 e. The highest BCUT2D eigenvalue weighted by Gasteiger charge is 2.15. The third-order valence-corrected chi connectivity index (χ3v) is 4.60. The topological polar surface area (TPSA) is 29.1 Å². The van der Waals surface area contributed by atoms with Gasteiger partial charge in [-0.1, -0.05) is 78.3 Å². The molecular weight excluding hydrogens is 342 g/mol. The third kappa shape index (κ3) is 4.04. The Morgan fingerprint density at radius 1 is 0.846 bits per heavy atom. The molecule has 3 aromatic carbocycles. The van der Waals surface area contributed by atoms with Crippen LogP contribution >= 0.6 is 11.6 Å². The summed E-state index contributed by atoms with van der Waals surface area (Å²) in [5.74, 6) is -0.159. The molecule has 0 aromatic heterocycles. The lowest BCUT2D eigenvalue weighted by Gasteiger charge is -2.14. The predicted octanol–water partition coefficient (Wildman–Crippen LogP) is 6.14. The second kappa shape index (κ2) is 8.03. The van der Waals surface area contributed by atoms with Crippen LogP contribution < -0.4 is 5.32 Å². The van der Waals surface area contributed by atoms with Crippen LogP contribution in [0.5, 0.6) is 0 Å². The van der Waals surface area contributed by atoms with Crippen LogP contribution in [0.1, 0.15) is 22.3 Å². The van der Waals surface area contributed by atoms with Gasteiger partial charge in [0.1, 0.15) is 0 Å². The molecule has 2 nitrogen and oxygen atoms in total. The highest BCUT2D eigenvalue weighted by Crippen LogP contribution is 2.26. The summed E-state index contributed by atoms with van der Waals surface area (Å²) in [6, 6.07) is 23.1. The van der Waals surface area contributed by atoms with Gasteiger partial charge in [-0.05, 0) is 48.2 Å². The molecule has 0 aliphatic carbocycles. The van der Waals surface area contributed by atoms with Crippen molar-refractivity contribution in [2.75, 3.05) is 5.32 Å². The standard InChI is InChI=1S/C23H20ClNO/c1-16-9-8-10-17(2)22(16)25-23(26)20(18-11-4-3-5-12-18)15-19-13-6-7-14-21(19)24/h3-15H,1-2H3,(H,25,26)/b20-15+. The van der Waals surface area contributed by atoms with E-state index < -0.39 is 0 Å². The minimum atomic E-state index is -0.159. The number of rotatable bonds is 4. The molecule has 1 N–H and O–H groups in total. The Balaban J connectivity index is 2.04. The van der Waals surface area contributed by atoms with E-state index >= 15 is 0 Å². The van der Waals surface area contributed by atoms with Crippen LogP contribution in [0.2, 0.25) is 5.02 Å². The molecule has 130 valence electrons. The van der Waals surface area contributed by atoms with Gasteiger partial charge in [-0.2, -0.15) is 0 Å². The fourth-order valence-corrected chi connectivity index (χ4v) is 3.03. The number of aryl methyl sites for hydroxylation is 2. The van der Waals surface area contributed by atoms with Gasteiger partial charge >= 0.3 is 0 Å². The number of para-hydroxylation sites is 1. The Kier molecular flexibility index (Phi) is 5.55. The van der Waals surface area contributed by atoms with Crippen molar-refractivity contribution in [1.82, 2.24) is 0 Å². The second-order valence-corrected chi connectivity index (χ2v) is 6.57. The lowest BCUT2D eigenvalue weighted by molar-refractivity contribution is -0.111. The SMILES string of the molecule is Cc1cccc(C)c1NC(=O)/C(=C/c1ccccc1Cl)c1ccccc1. The lowest BCUT2D eigenvalue weighted by atomic mass is 10.0. The van der Waals surface area contributed by atoms with Crippen molar-refractivity contribution < 1.29 is 4.79 Å². The van der Waals surface area contributed by atoms with Crippen LogP contribution in [0, 0.1) is 13.8 Å². The van der Waals surface area contributed by atoms with E-state index in [4.69, 9.17) is 11.6 Å². The van der Waals surface area contributed by atoms with Crippen molar-refractivity contribution in [3.8, 4) is 0 Å². The van der Waals surface area contributed by atoms with Gasteiger partial charge in [-0.3, -0.25) is 4.79 Å². The summed E-state index contributed by atoms with van der Waals surface area (Å²) < 4.78 is 0. The number of hydrogen-bond acceptors (Lipinski definition) is 1. The number of benzene rings is 3. The first-order valence-corrected chi connectivity index (χ1v) is 8.83. The summed E-state index contributed by atoms with van der Waals surface area (Å²) in [5.41, 5.74) is 5.13. The molecule has 0 aliphatic heterocycles. The van der Waals surface area contributed by atoms with Crippen LogP contribution in [-0.4, -0.2) is 5.91 Å². The highest BCUT2D eigenvalue weighted by molar-refractivity contribution is 6.34. The molecule has 3 rings (SSSR count). The molecule has 0 radical (unpaired) electrons. The van der Waals surface area contributed by atoms with Crippen molar-refractivity contribution in [2.24, 2.45) is 0 Å². The first-order valence-electron chi connectivity index (χ1n) is 8.45. The fourth-order valence-electron chi connectivity index (χ4n) is 2.84. The zero-order valence-corrected chi connectivity index (χ0v) is 15.5. The molecule has 0 heterocycles. The first-order chi connectivity index (χ1) is 12.6. The summed E-state index contributed by atoms with van der Waals surface area (Å²) >= 11 is 6.29. The Bertz CT molecular complexity index is 941. The summed E-state index contributed by atoms with van der Waals surface area (Å²) in [4.78, 5) is 13.1. The summed E-state index contributed by atoms with van der Waals surface area (Å²) in [5, 5.41) is 3.68. The molecule has 3 aromatic rings. The van der Waals surface area contributed by atoms with Crippen LogP contribution in [-0.2, 0) is 4.79 Å². The van der Waals surface area contributed by atoms with Crippen LogP contribution in [0.3, 0.4) is 0 Å². The van der Waals surface area contributed by atoms with Crippen LogP contribution in [0.4, 0.5) is 5.69 Å². The van der Waals surface area contributed by atoms with Crippen molar-refractivity contribution >= 4 is 34.8 Å². The van der Waals surface area contributed by atoms with Crippen molar-refractivity contribution in [2.45, 2.75) is 13.8 Å². The van der Waals surface area contributed by atoms with Crippen LogP contribution in [0.25, 0.3) is 11.6 Å². The molecule has 0 bridgehead atoms. The van der Waals surface area contributed by atoms with Gasteiger partial charge < -0.3 is 5.32 Å². The molecule has 0 spiro atoms. The molecule has 0 atom stereocenters. The van der Waals surface area contributed by atoms with E-state index in [1.807, 2.05) is 92.7 Å². The fraction of sp³-hybridized carbons (Fsp3) is 0.0870. The maximum Gasteiger partial charge on any atom is 0.256 e. The number of amides is 1. The van der Waals surface area contributed by atoms with Crippen molar-refractivity contribution in [1.29, 1.82) is 0 Å². The number of hydrogen-bond donors (Lipinski definition) is 1. The van der Waals surface area contributed by atoms with E-state index in [0.717, 1.165) is 27.9 Å². The van der Waals surface area contributed by atoms with E-state index in [9.17, 15) is 4.79 Å². The van der Waals surface area contributed by atoms with Gasteiger partial charge in [-0.15, -0.1) is 0 Å². The average molecular weight is 362 g/mol. The quantitative estimate of drug-likeness (QED) is 0.439.